The fourth-order valence-electron chi connectivity index (χ4n) is 2.46. The van der Waals surface area contributed by atoms with Gasteiger partial charge in [0.15, 0.2) is 5.78 Å². The van der Waals surface area contributed by atoms with Crippen LogP contribution in [0.15, 0.2) is 59.2 Å². The van der Waals surface area contributed by atoms with E-state index in [1.165, 1.54) is 0 Å². The monoisotopic (exact) mass is 369 g/mol. The summed E-state index contributed by atoms with van der Waals surface area (Å²) in [7, 11) is 1.91. The molecule has 1 aromatic heterocycles. The van der Waals surface area contributed by atoms with Gasteiger partial charge >= 0.3 is 0 Å². The minimum absolute atomic E-state index is 0.0567. The fraction of sp³-hybridized carbons (Fsp3) is 0.111. The molecule has 0 atom stereocenters. The molecular formula is C18H16BrN3O. The normalized spacial score (nSPS) is 10.6. The second kappa shape index (κ2) is 6.38. The molecule has 0 saturated carbocycles. The summed E-state index contributed by atoms with van der Waals surface area (Å²) in [6.07, 6.45) is 1.78. The molecule has 0 fully saturated rings. The van der Waals surface area contributed by atoms with Crippen molar-refractivity contribution in [3.8, 4) is 11.3 Å². The van der Waals surface area contributed by atoms with Crippen LogP contribution in [0.25, 0.3) is 11.3 Å². The number of hydrogen-bond acceptors (Lipinski definition) is 3. The average molecular weight is 370 g/mol. The number of Topliss-reactive ketones (excluding diaryl/α,β-unsaturated/α-hetero) is 1. The minimum atomic E-state index is 0.0567. The van der Waals surface area contributed by atoms with Crippen molar-refractivity contribution in [2.45, 2.75) is 6.92 Å². The first-order valence-corrected chi connectivity index (χ1v) is 8.00. The van der Waals surface area contributed by atoms with Crippen LogP contribution in [0.1, 0.15) is 17.3 Å². The zero-order valence-corrected chi connectivity index (χ0v) is 14.5. The van der Waals surface area contributed by atoms with Gasteiger partial charge in [0.25, 0.3) is 0 Å². The summed E-state index contributed by atoms with van der Waals surface area (Å²) in [6, 6.07) is 15.6. The van der Waals surface area contributed by atoms with E-state index in [0.717, 1.165) is 27.1 Å². The minimum Gasteiger partial charge on any atom is -0.355 e. The fourth-order valence-corrected chi connectivity index (χ4v) is 3.04. The van der Waals surface area contributed by atoms with Crippen molar-refractivity contribution in [3.63, 3.8) is 0 Å². The molecule has 0 saturated heterocycles. The number of carbonyl (C=O) groups is 1. The van der Waals surface area contributed by atoms with Gasteiger partial charge in [0.2, 0.25) is 0 Å². The number of halogens is 1. The molecule has 3 rings (SSSR count). The maximum atomic E-state index is 11.5. The Morgan fingerprint density at radius 2 is 1.83 bits per heavy atom. The lowest BCUT2D eigenvalue weighted by atomic mass is 10.1. The summed E-state index contributed by atoms with van der Waals surface area (Å²) in [6.45, 7) is 1.57. The Morgan fingerprint density at radius 1 is 1.13 bits per heavy atom. The van der Waals surface area contributed by atoms with E-state index in [0.29, 0.717) is 5.56 Å². The van der Waals surface area contributed by atoms with Crippen LogP contribution in [0, 0.1) is 0 Å². The number of anilines is 2. The summed E-state index contributed by atoms with van der Waals surface area (Å²) in [5, 5.41) is 7.59. The maximum absolute atomic E-state index is 11.5. The third-order valence-corrected chi connectivity index (χ3v) is 4.17. The van der Waals surface area contributed by atoms with Crippen LogP contribution in [-0.4, -0.2) is 15.6 Å². The van der Waals surface area contributed by atoms with Crippen LogP contribution >= 0.6 is 15.9 Å². The van der Waals surface area contributed by atoms with Gasteiger partial charge in [0, 0.05) is 29.5 Å². The molecule has 0 amide bonds. The van der Waals surface area contributed by atoms with Crippen LogP contribution in [-0.2, 0) is 7.05 Å². The predicted molar refractivity (Wildman–Crippen MR) is 96.1 cm³/mol. The van der Waals surface area contributed by atoms with Crippen molar-refractivity contribution in [1.29, 1.82) is 0 Å². The van der Waals surface area contributed by atoms with Gasteiger partial charge in [-0.25, -0.2) is 0 Å². The number of nitrogens with zero attached hydrogens (tertiary/aromatic N) is 2. The van der Waals surface area contributed by atoms with Crippen LogP contribution < -0.4 is 5.32 Å². The zero-order chi connectivity index (χ0) is 16.4. The summed E-state index contributed by atoms with van der Waals surface area (Å²) in [5.41, 5.74) is 4.62. The largest absolute Gasteiger partial charge is 0.355 e. The lowest BCUT2D eigenvalue weighted by Gasteiger charge is -2.10. The Balaban J connectivity index is 1.92. The highest BCUT2D eigenvalue weighted by atomic mass is 79.9. The summed E-state index contributed by atoms with van der Waals surface area (Å²) in [5.74, 6) is 0.0567. The summed E-state index contributed by atoms with van der Waals surface area (Å²) in [4.78, 5) is 11.5. The molecule has 0 aliphatic carbocycles. The molecule has 3 aromatic rings. The van der Waals surface area contributed by atoms with E-state index in [4.69, 9.17) is 0 Å². The van der Waals surface area contributed by atoms with Gasteiger partial charge in [-0.3, -0.25) is 9.48 Å². The summed E-state index contributed by atoms with van der Waals surface area (Å²) < 4.78 is 2.79. The average Bonchev–Trinajstić information content (AvgIpc) is 2.87. The molecule has 0 unspecified atom stereocenters. The Hall–Kier alpha value is -2.40. The van der Waals surface area contributed by atoms with Gasteiger partial charge in [-0.1, -0.05) is 24.3 Å². The highest BCUT2D eigenvalue weighted by Gasteiger charge is 2.09. The Kier molecular flexibility index (Phi) is 4.30. The Labute approximate surface area is 143 Å². The molecule has 23 heavy (non-hydrogen) atoms. The van der Waals surface area contributed by atoms with Crippen molar-refractivity contribution in [1.82, 2.24) is 9.78 Å². The zero-order valence-electron chi connectivity index (χ0n) is 12.9. The maximum Gasteiger partial charge on any atom is 0.159 e. The topological polar surface area (TPSA) is 46.9 Å². The number of ketones is 1. The molecule has 0 aliphatic rings. The van der Waals surface area contributed by atoms with E-state index in [9.17, 15) is 4.79 Å². The van der Waals surface area contributed by atoms with E-state index in [1.54, 1.807) is 13.1 Å². The van der Waals surface area contributed by atoms with Gasteiger partial charge < -0.3 is 5.32 Å². The van der Waals surface area contributed by atoms with Gasteiger partial charge in [-0.15, -0.1) is 0 Å². The molecule has 0 aliphatic heterocycles. The molecule has 1 heterocycles. The number of rotatable bonds is 4. The Bertz CT molecular complexity index is 851. The van der Waals surface area contributed by atoms with Crippen LogP contribution in [0.2, 0.25) is 0 Å². The van der Waals surface area contributed by atoms with Crippen LogP contribution in [0.5, 0.6) is 0 Å². The second-order valence-corrected chi connectivity index (χ2v) is 6.16. The highest BCUT2D eigenvalue weighted by Crippen LogP contribution is 2.30. The van der Waals surface area contributed by atoms with Crippen molar-refractivity contribution in [2.24, 2.45) is 7.05 Å². The number of aromatic nitrogens is 2. The second-order valence-electron chi connectivity index (χ2n) is 5.31. The van der Waals surface area contributed by atoms with E-state index in [1.807, 2.05) is 54.2 Å². The number of aryl methyl sites for hydroxylation is 1. The third-order valence-electron chi connectivity index (χ3n) is 3.59. The van der Waals surface area contributed by atoms with Crippen molar-refractivity contribution in [2.75, 3.05) is 5.32 Å². The molecule has 116 valence electrons. The lowest BCUT2D eigenvalue weighted by molar-refractivity contribution is 0.101. The van der Waals surface area contributed by atoms with E-state index >= 15 is 0 Å². The van der Waals surface area contributed by atoms with Gasteiger partial charge in [0.05, 0.1) is 16.4 Å². The quantitative estimate of drug-likeness (QED) is 0.672. The third kappa shape index (κ3) is 3.35. The summed E-state index contributed by atoms with van der Waals surface area (Å²) >= 11 is 3.53. The lowest BCUT2D eigenvalue weighted by Crippen LogP contribution is -1.97. The standard InChI is InChI=1S/C18H16BrN3O/c1-12(23)13-5-3-7-15(9-13)21-16-8-4-6-14(10-16)18-17(19)11-20-22(18)2/h3-11,21H,1-2H3. The van der Waals surface area contributed by atoms with Crippen LogP contribution in [0.3, 0.4) is 0 Å². The molecule has 2 aromatic carbocycles. The number of carbonyl (C=O) groups excluding carboxylic acids is 1. The molecule has 0 bridgehead atoms. The number of nitrogens with one attached hydrogen (secondary N) is 1. The number of hydrogen-bond donors (Lipinski definition) is 1. The molecular weight excluding hydrogens is 354 g/mol. The molecule has 0 spiro atoms. The molecule has 1 N–H and O–H groups in total. The van der Waals surface area contributed by atoms with Gasteiger partial charge in [-0.05, 0) is 47.1 Å². The first kappa shape index (κ1) is 15.5. The van der Waals surface area contributed by atoms with Crippen molar-refractivity contribution < 1.29 is 4.79 Å². The highest BCUT2D eigenvalue weighted by molar-refractivity contribution is 9.10. The Morgan fingerprint density at radius 3 is 2.48 bits per heavy atom. The van der Waals surface area contributed by atoms with Crippen LogP contribution in [0.4, 0.5) is 11.4 Å². The van der Waals surface area contributed by atoms with E-state index in [2.05, 4.69) is 32.4 Å². The van der Waals surface area contributed by atoms with Gasteiger partial charge in [0.1, 0.15) is 0 Å². The SMILES string of the molecule is CC(=O)c1cccc(Nc2cccc(-c3c(Br)cnn3C)c2)c1. The predicted octanol–water partition coefficient (Wildman–Crippen LogP) is 4.80. The molecule has 4 nitrogen and oxygen atoms in total. The first-order chi connectivity index (χ1) is 11.0. The molecule has 0 radical (unpaired) electrons. The van der Waals surface area contributed by atoms with E-state index in [-0.39, 0.29) is 5.78 Å². The van der Waals surface area contributed by atoms with E-state index < -0.39 is 0 Å². The molecule has 5 heteroatoms. The first-order valence-electron chi connectivity index (χ1n) is 7.20. The number of benzene rings is 2. The van der Waals surface area contributed by atoms with Crippen molar-refractivity contribution in [3.05, 3.63) is 64.8 Å². The smallest absolute Gasteiger partial charge is 0.159 e. The van der Waals surface area contributed by atoms with Crippen molar-refractivity contribution >= 4 is 33.1 Å². The van der Waals surface area contributed by atoms with Gasteiger partial charge in [-0.2, -0.15) is 5.10 Å².